The number of hydrogen-bond acceptors (Lipinski definition) is 5. The van der Waals surface area contributed by atoms with Crippen LogP contribution in [0.5, 0.6) is 11.5 Å². The Kier molecular flexibility index (Phi) is 5.73. The van der Waals surface area contributed by atoms with Gasteiger partial charge in [0, 0.05) is 41.8 Å². The summed E-state index contributed by atoms with van der Waals surface area (Å²) < 4.78 is 41.5. The lowest BCUT2D eigenvalue weighted by Crippen LogP contribution is -2.43. The molecule has 2 N–H and O–H groups in total. The molecule has 10 heteroatoms. The summed E-state index contributed by atoms with van der Waals surface area (Å²) in [6.07, 6.45) is 0.590. The Labute approximate surface area is 213 Å². The van der Waals surface area contributed by atoms with Crippen LogP contribution >= 0.6 is 0 Å². The zero-order valence-corrected chi connectivity index (χ0v) is 21.3. The highest BCUT2D eigenvalue weighted by atomic mass is 19.1. The minimum atomic E-state index is -0.774. The summed E-state index contributed by atoms with van der Waals surface area (Å²) in [5.41, 5.74) is 7.59. The van der Waals surface area contributed by atoms with Crippen molar-refractivity contribution in [1.82, 2.24) is 14.7 Å². The molecule has 0 unspecified atom stereocenters. The van der Waals surface area contributed by atoms with Crippen molar-refractivity contribution in [3.05, 3.63) is 58.8 Å². The van der Waals surface area contributed by atoms with E-state index in [-0.39, 0.29) is 41.6 Å². The van der Waals surface area contributed by atoms with E-state index in [0.717, 1.165) is 23.8 Å². The monoisotopic (exact) mass is 510 g/mol. The number of carbonyl (C=O) groups excluding carboxylic acids is 2. The highest BCUT2D eigenvalue weighted by Gasteiger charge is 2.45. The first-order valence-corrected chi connectivity index (χ1v) is 11.9. The second-order valence-electron chi connectivity index (χ2n) is 10.5. The number of nitrogens with zero attached hydrogens (tertiary/aromatic N) is 3. The van der Waals surface area contributed by atoms with Crippen LogP contribution in [0.3, 0.4) is 0 Å². The third kappa shape index (κ3) is 4.20. The molecule has 0 radical (unpaired) electrons. The van der Waals surface area contributed by atoms with E-state index in [0.29, 0.717) is 34.7 Å². The topological polar surface area (TPSA) is 99.7 Å². The van der Waals surface area contributed by atoms with Crippen molar-refractivity contribution in [2.45, 2.75) is 45.3 Å². The van der Waals surface area contributed by atoms with E-state index in [1.807, 2.05) is 26.8 Å². The number of aromatic nitrogens is 2. The van der Waals surface area contributed by atoms with E-state index in [1.165, 1.54) is 11.8 Å². The maximum absolute atomic E-state index is 14.2. The van der Waals surface area contributed by atoms with Crippen LogP contribution in [0.25, 0.3) is 16.9 Å². The van der Waals surface area contributed by atoms with Gasteiger partial charge in [-0.1, -0.05) is 0 Å². The number of carbonyl (C=O) groups is 2. The summed E-state index contributed by atoms with van der Waals surface area (Å²) >= 11 is 0. The van der Waals surface area contributed by atoms with Crippen LogP contribution in [0, 0.1) is 17.6 Å². The van der Waals surface area contributed by atoms with Crippen LogP contribution in [-0.4, -0.2) is 46.2 Å². The molecule has 2 heterocycles. The standard InChI is InChI=1S/C27H28F2N4O4/c1-27(2,3)32(4)26(35)23-20-12-37-22-11-21(36-5)17(16-9-18(16)25(30)34)10-19(22)24(20)33(31-23)15-7-13(28)6-14(29)8-15/h6-8,10-11,16,18H,9,12H2,1-5H3,(H2,30,34)/t16-,18-/m1/s1. The van der Waals surface area contributed by atoms with Gasteiger partial charge in [0.2, 0.25) is 5.91 Å². The maximum Gasteiger partial charge on any atom is 0.274 e. The fourth-order valence-corrected chi connectivity index (χ4v) is 4.70. The van der Waals surface area contributed by atoms with E-state index in [1.54, 1.807) is 18.0 Å². The van der Waals surface area contributed by atoms with Crippen molar-refractivity contribution in [3.63, 3.8) is 0 Å². The number of benzene rings is 2. The lowest BCUT2D eigenvalue weighted by Gasteiger charge is -2.31. The van der Waals surface area contributed by atoms with Gasteiger partial charge in [0.1, 0.15) is 29.7 Å². The second-order valence-corrected chi connectivity index (χ2v) is 10.5. The summed E-state index contributed by atoms with van der Waals surface area (Å²) in [4.78, 5) is 26.9. The number of nitrogens with two attached hydrogens (primary N) is 1. The van der Waals surface area contributed by atoms with Crippen molar-refractivity contribution in [1.29, 1.82) is 0 Å². The molecule has 2 atom stereocenters. The molecule has 0 bridgehead atoms. The van der Waals surface area contributed by atoms with Crippen LogP contribution < -0.4 is 15.2 Å². The Morgan fingerprint density at radius 2 is 1.84 bits per heavy atom. The lowest BCUT2D eigenvalue weighted by atomic mass is 9.96. The summed E-state index contributed by atoms with van der Waals surface area (Å²) in [6, 6.07) is 6.63. The molecule has 1 fully saturated rings. The molecule has 2 aliphatic rings. The molecule has 0 spiro atoms. The highest BCUT2D eigenvalue weighted by molar-refractivity contribution is 5.97. The quantitative estimate of drug-likeness (QED) is 0.555. The zero-order valence-electron chi connectivity index (χ0n) is 21.3. The van der Waals surface area contributed by atoms with Gasteiger partial charge in [-0.05, 0) is 56.9 Å². The minimum Gasteiger partial charge on any atom is -0.496 e. The van der Waals surface area contributed by atoms with Crippen LogP contribution in [0.4, 0.5) is 8.78 Å². The van der Waals surface area contributed by atoms with E-state index in [2.05, 4.69) is 5.10 Å². The molecule has 1 aromatic heterocycles. The number of halogens is 2. The molecule has 1 aliphatic carbocycles. The van der Waals surface area contributed by atoms with Gasteiger partial charge < -0.3 is 20.1 Å². The largest absolute Gasteiger partial charge is 0.496 e. The second kappa shape index (κ2) is 8.57. The van der Waals surface area contributed by atoms with Gasteiger partial charge in [0.05, 0.1) is 18.5 Å². The number of methoxy groups -OCH3 is 1. The summed E-state index contributed by atoms with van der Waals surface area (Å²) in [5.74, 6) is -1.72. The Balaban J connectivity index is 1.74. The highest BCUT2D eigenvalue weighted by Crippen LogP contribution is 2.53. The fraction of sp³-hybridized carbons (Fsp3) is 0.370. The SMILES string of the molecule is COc1cc2c(cc1[C@H]1C[C@H]1C(N)=O)-c1c(c(C(=O)N(C)C(C)(C)C)nn1-c1cc(F)cc(F)c1)CO2. The van der Waals surface area contributed by atoms with Crippen molar-refractivity contribution in [3.8, 4) is 28.4 Å². The Morgan fingerprint density at radius 1 is 1.16 bits per heavy atom. The van der Waals surface area contributed by atoms with E-state index < -0.39 is 17.2 Å². The van der Waals surface area contributed by atoms with Gasteiger partial charge in [-0.3, -0.25) is 9.59 Å². The van der Waals surface area contributed by atoms with Crippen molar-refractivity contribution >= 4 is 11.8 Å². The van der Waals surface area contributed by atoms with Gasteiger partial charge >= 0.3 is 0 Å². The van der Waals surface area contributed by atoms with Crippen LogP contribution in [-0.2, 0) is 11.4 Å². The summed E-state index contributed by atoms with van der Waals surface area (Å²) in [6.45, 7) is 5.71. The first-order valence-electron chi connectivity index (χ1n) is 11.9. The molecule has 194 valence electrons. The number of primary amides is 1. The van der Waals surface area contributed by atoms with E-state index >= 15 is 0 Å². The normalized spacial score (nSPS) is 17.9. The zero-order chi connectivity index (χ0) is 26.8. The summed E-state index contributed by atoms with van der Waals surface area (Å²) in [7, 11) is 3.20. The Bertz CT molecular complexity index is 1420. The number of ether oxygens (including phenoxy) is 2. The molecule has 37 heavy (non-hydrogen) atoms. The number of rotatable bonds is 5. The van der Waals surface area contributed by atoms with E-state index in [9.17, 15) is 18.4 Å². The smallest absolute Gasteiger partial charge is 0.274 e. The first-order chi connectivity index (χ1) is 17.4. The molecular formula is C27H28F2N4O4. The average molecular weight is 511 g/mol. The number of amides is 2. The fourth-order valence-electron chi connectivity index (χ4n) is 4.70. The predicted molar refractivity (Wildman–Crippen MR) is 132 cm³/mol. The third-order valence-corrected chi connectivity index (χ3v) is 7.10. The Morgan fingerprint density at radius 3 is 2.41 bits per heavy atom. The van der Waals surface area contributed by atoms with E-state index in [4.69, 9.17) is 15.2 Å². The molecule has 3 aromatic rings. The van der Waals surface area contributed by atoms with Crippen molar-refractivity contribution in [2.75, 3.05) is 14.2 Å². The number of hydrogen-bond donors (Lipinski definition) is 1. The number of fused-ring (bicyclic) bond motifs is 3. The van der Waals surface area contributed by atoms with Crippen LogP contribution in [0.15, 0.2) is 30.3 Å². The maximum atomic E-state index is 14.2. The van der Waals surface area contributed by atoms with Gasteiger partial charge in [0.15, 0.2) is 5.69 Å². The third-order valence-electron chi connectivity index (χ3n) is 7.10. The molecule has 0 saturated heterocycles. The van der Waals surface area contributed by atoms with Gasteiger partial charge in [-0.15, -0.1) is 0 Å². The minimum absolute atomic E-state index is 0.0228. The molecular weight excluding hydrogens is 482 g/mol. The molecule has 1 saturated carbocycles. The average Bonchev–Trinajstić information content (AvgIpc) is 3.54. The van der Waals surface area contributed by atoms with Crippen LogP contribution in [0.1, 0.15) is 54.7 Å². The lowest BCUT2D eigenvalue weighted by molar-refractivity contribution is -0.119. The molecule has 1 aliphatic heterocycles. The molecule has 2 amide bonds. The van der Waals surface area contributed by atoms with Crippen LogP contribution in [0.2, 0.25) is 0 Å². The molecule has 2 aromatic carbocycles. The van der Waals surface area contributed by atoms with Gasteiger partial charge in [-0.25, -0.2) is 13.5 Å². The molecule has 8 nitrogen and oxygen atoms in total. The molecule has 5 rings (SSSR count). The Hall–Kier alpha value is -3.95. The van der Waals surface area contributed by atoms with Crippen molar-refractivity contribution in [2.24, 2.45) is 11.7 Å². The predicted octanol–water partition coefficient (Wildman–Crippen LogP) is 4.18. The summed E-state index contributed by atoms with van der Waals surface area (Å²) in [5, 5.41) is 4.56. The first kappa shape index (κ1) is 24.7. The van der Waals surface area contributed by atoms with Crippen molar-refractivity contribution < 1.29 is 27.8 Å². The van der Waals surface area contributed by atoms with Gasteiger partial charge in [0.25, 0.3) is 5.91 Å². The van der Waals surface area contributed by atoms with Gasteiger partial charge in [-0.2, -0.15) is 5.10 Å².